The average Bonchev–Trinajstić information content (AvgIpc) is 3.78. The molecule has 0 aliphatic carbocycles. The number of nitrogens with zero attached hydrogens (tertiary/aromatic N) is 6. The van der Waals surface area contributed by atoms with Crippen LogP contribution >= 0.6 is 0 Å². The van der Waals surface area contributed by atoms with Gasteiger partial charge in [0.1, 0.15) is 0 Å². The zero-order valence-corrected chi connectivity index (χ0v) is 25.1. The Morgan fingerprint density at radius 3 is 1.88 bits per heavy atom. The number of anilines is 4. The number of hydrogen-bond donors (Lipinski definition) is 0. The molecule has 0 saturated heterocycles. The van der Waals surface area contributed by atoms with E-state index in [1.54, 1.807) is 10.9 Å². The van der Waals surface area contributed by atoms with Gasteiger partial charge in [-0.15, -0.1) is 52.8 Å². The first-order valence-electron chi connectivity index (χ1n) is 14.0. The van der Waals surface area contributed by atoms with Gasteiger partial charge in [0.15, 0.2) is 0 Å². The fraction of sp³-hybridized carbons (Fsp3) is 0. The van der Waals surface area contributed by atoms with Gasteiger partial charge in [-0.1, -0.05) is 105 Å². The molecule has 0 radical (unpaired) electrons. The molecule has 6 aromatic rings. The fourth-order valence-electron chi connectivity index (χ4n) is 6.41. The van der Waals surface area contributed by atoms with Crippen LogP contribution in [0.3, 0.4) is 0 Å². The topological polar surface area (TPSA) is 40.4 Å². The Kier molecular flexibility index (Phi) is 6.09. The van der Waals surface area contributed by atoms with Crippen LogP contribution < -0.4 is 25.5 Å². The normalized spacial score (nSPS) is 14.0. The molecule has 0 amide bonds. The van der Waals surface area contributed by atoms with E-state index in [4.69, 9.17) is 0 Å². The Balaban J connectivity index is 0.00000278. The first-order valence-corrected chi connectivity index (χ1v) is 14.0. The molecule has 0 bridgehead atoms. The van der Waals surface area contributed by atoms with Gasteiger partial charge in [0.2, 0.25) is 0 Å². The molecule has 43 heavy (non-hydrogen) atoms. The van der Waals surface area contributed by atoms with E-state index in [2.05, 4.69) is 153 Å². The minimum absolute atomic E-state index is 0. The molecule has 5 aromatic carbocycles. The van der Waals surface area contributed by atoms with Gasteiger partial charge < -0.3 is 14.6 Å². The van der Waals surface area contributed by atoms with Gasteiger partial charge in [-0.25, -0.2) is 4.68 Å². The molecule has 0 fully saturated rings. The Labute approximate surface area is 264 Å². The van der Waals surface area contributed by atoms with E-state index in [1.807, 2.05) is 12.3 Å². The predicted molar refractivity (Wildman–Crippen MR) is 168 cm³/mol. The standard InChI is InChI=1S/C35H22BN6.Pt/c1-2-8-25(9-3-1)39-20-21-40(24-39)26-14-16-30-28-10-4-6-12-32(28)36-33-13-7-5-11-29(33)31-17-15-27(41-19-18-37-38-41)23-35(31)42(36)34(30)22-26;/h1-21,24H;/q-3;. The maximum atomic E-state index is 4.25. The van der Waals surface area contributed by atoms with Crippen LogP contribution in [0.5, 0.6) is 0 Å². The van der Waals surface area contributed by atoms with Crippen LogP contribution in [-0.4, -0.2) is 21.8 Å². The van der Waals surface area contributed by atoms with E-state index < -0.39 is 0 Å². The van der Waals surface area contributed by atoms with Gasteiger partial charge >= 0.3 is 6.85 Å². The number of benzene rings is 5. The zero-order chi connectivity index (χ0) is 27.6. The monoisotopic (exact) mass is 732 g/mol. The summed E-state index contributed by atoms with van der Waals surface area (Å²) >= 11 is 0. The van der Waals surface area contributed by atoms with Gasteiger partial charge in [-0.3, -0.25) is 0 Å². The van der Waals surface area contributed by atoms with E-state index in [9.17, 15) is 0 Å². The third-order valence-corrected chi connectivity index (χ3v) is 8.29. The second-order valence-corrected chi connectivity index (χ2v) is 10.6. The van der Waals surface area contributed by atoms with E-state index >= 15 is 0 Å². The summed E-state index contributed by atoms with van der Waals surface area (Å²) in [5.74, 6) is 0. The fourth-order valence-corrected chi connectivity index (χ4v) is 6.41. The molecule has 1 aromatic heterocycles. The Hall–Kier alpha value is -4.87. The Morgan fingerprint density at radius 1 is 0.605 bits per heavy atom. The van der Waals surface area contributed by atoms with Crippen LogP contribution in [-0.2, 0) is 21.1 Å². The molecule has 3 aliphatic heterocycles. The van der Waals surface area contributed by atoms with Crippen molar-refractivity contribution in [3.05, 3.63) is 147 Å². The minimum atomic E-state index is -0.0231. The molecule has 4 heterocycles. The second-order valence-electron chi connectivity index (χ2n) is 10.6. The van der Waals surface area contributed by atoms with Crippen molar-refractivity contribution in [2.75, 3.05) is 14.6 Å². The van der Waals surface area contributed by atoms with Gasteiger partial charge in [-0.2, -0.15) is 12.1 Å². The molecule has 0 N–H and O–H groups in total. The first-order chi connectivity index (χ1) is 20.8. The molecule has 9 rings (SSSR count). The number of hydrogen-bond acceptors (Lipinski definition) is 5. The maximum absolute atomic E-state index is 4.25. The van der Waals surface area contributed by atoms with Crippen LogP contribution in [0.2, 0.25) is 0 Å². The quantitative estimate of drug-likeness (QED) is 0.173. The third kappa shape index (κ3) is 3.99. The van der Waals surface area contributed by atoms with Crippen molar-refractivity contribution in [3.63, 3.8) is 0 Å². The number of aromatic nitrogens is 3. The predicted octanol–water partition coefficient (Wildman–Crippen LogP) is 5.69. The van der Waals surface area contributed by atoms with E-state index in [1.165, 1.54) is 22.1 Å². The van der Waals surface area contributed by atoms with Gasteiger partial charge in [0, 0.05) is 32.9 Å². The van der Waals surface area contributed by atoms with Crippen molar-refractivity contribution in [1.29, 1.82) is 0 Å². The SMILES string of the molecule is [Pt].[c-]1c(N2C=CN(c3ccccc3)[CH-]2)ccc2c1N1B(c3ccccc3-2)c2ccccc2-c2ccc(-n3ccnn3)[c-]c21. The summed E-state index contributed by atoms with van der Waals surface area (Å²) < 4.78 is 1.76. The van der Waals surface area contributed by atoms with Crippen molar-refractivity contribution in [2.24, 2.45) is 0 Å². The van der Waals surface area contributed by atoms with Crippen molar-refractivity contribution < 1.29 is 21.1 Å². The van der Waals surface area contributed by atoms with Crippen molar-refractivity contribution in [3.8, 4) is 27.9 Å². The first kappa shape index (κ1) is 25.8. The molecule has 8 heteroatoms. The summed E-state index contributed by atoms with van der Waals surface area (Å²) in [5.41, 5.74) is 12.2. The van der Waals surface area contributed by atoms with Gasteiger partial charge in [0.05, 0.1) is 6.20 Å². The van der Waals surface area contributed by atoms with Crippen molar-refractivity contribution in [2.45, 2.75) is 0 Å². The largest absolute Gasteiger partial charge is 0.500 e. The van der Waals surface area contributed by atoms with Gasteiger partial charge in [0.25, 0.3) is 0 Å². The summed E-state index contributed by atoms with van der Waals surface area (Å²) in [6, 6.07) is 44.0. The smallest absolute Gasteiger partial charge is 0.324 e. The van der Waals surface area contributed by atoms with Crippen molar-refractivity contribution >= 4 is 40.5 Å². The van der Waals surface area contributed by atoms with Crippen LogP contribution in [0, 0.1) is 18.8 Å². The third-order valence-electron chi connectivity index (χ3n) is 8.29. The molecule has 3 aliphatic rings. The van der Waals surface area contributed by atoms with E-state index in [0.717, 1.165) is 39.6 Å². The van der Waals surface area contributed by atoms with Crippen LogP contribution in [0.25, 0.3) is 27.9 Å². The molecular formula is C35H22BN6Pt-3. The number of para-hydroxylation sites is 1. The molecular weight excluding hydrogens is 710 g/mol. The molecule has 208 valence electrons. The zero-order valence-electron chi connectivity index (χ0n) is 22.8. The second kappa shape index (κ2) is 10.1. The van der Waals surface area contributed by atoms with E-state index in [-0.39, 0.29) is 27.9 Å². The summed E-state index contributed by atoms with van der Waals surface area (Å²) in [4.78, 5) is 6.65. The number of fused-ring (bicyclic) bond motifs is 11. The Morgan fingerprint density at radius 2 is 1.21 bits per heavy atom. The average molecular weight is 732 g/mol. The minimum Gasteiger partial charge on any atom is -0.500 e. The van der Waals surface area contributed by atoms with E-state index in [0.29, 0.717) is 0 Å². The molecule has 6 nitrogen and oxygen atoms in total. The number of rotatable bonds is 3. The van der Waals surface area contributed by atoms with Crippen molar-refractivity contribution in [1.82, 2.24) is 15.0 Å². The van der Waals surface area contributed by atoms with Gasteiger partial charge in [-0.05, 0) is 30.2 Å². The van der Waals surface area contributed by atoms with Crippen LogP contribution in [0.4, 0.5) is 22.7 Å². The maximum Gasteiger partial charge on any atom is 0.324 e. The summed E-state index contributed by atoms with van der Waals surface area (Å²) in [7, 11) is 0. The summed E-state index contributed by atoms with van der Waals surface area (Å²) in [6.07, 6.45) is 7.69. The molecule has 0 unspecified atom stereocenters. The summed E-state index contributed by atoms with van der Waals surface area (Å²) in [5, 5.41) is 8.28. The molecule has 0 spiro atoms. The molecule has 0 atom stereocenters. The van der Waals surface area contributed by atoms with Crippen LogP contribution in [0.1, 0.15) is 0 Å². The molecule has 0 saturated carbocycles. The van der Waals surface area contributed by atoms with Crippen LogP contribution in [0.15, 0.2) is 128 Å². The Bertz CT molecular complexity index is 2010. The summed E-state index contributed by atoms with van der Waals surface area (Å²) in [6.45, 7) is 2.07.